The van der Waals surface area contributed by atoms with Gasteiger partial charge in [-0.15, -0.1) is 0 Å². The van der Waals surface area contributed by atoms with Crippen molar-refractivity contribution >= 4 is 0 Å². The first kappa shape index (κ1) is 38.2. The minimum Gasteiger partial charge on any atom is -0.208 e. The lowest BCUT2D eigenvalue weighted by Crippen LogP contribution is -2.59. The van der Waals surface area contributed by atoms with Gasteiger partial charge in [-0.3, -0.25) is 0 Å². The Morgan fingerprint density at radius 1 is 0.292 bits per heavy atom. The average Bonchev–Trinajstić information content (AvgIpc) is 3.38. The third kappa shape index (κ3) is 5.98. The summed E-state index contributed by atoms with van der Waals surface area (Å²) < 4.78 is 0. The van der Waals surface area contributed by atoms with Crippen LogP contribution in [0.3, 0.4) is 0 Å². The smallest absolute Gasteiger partial charge is 0.164 e. The van der Waals surface area contributed by atoms with Crippen LogP contribution in [0, 0.1) is 23.7 Å². The van der Waals surface area contributed by atoms with Crippen LogP contribution in [0.5, 0.6) is 0 Å². The molecule has 0 amide bonds. The highest BCUT2D eigenvalue weighted by Gasteiger charge is 2.63. The van der Waals surface area contributed by atoms with Crippen LogP contribution >= 0.6 is 0 Å². The van der Waals surface area contributed by atoms with Gasteiger partial charge in [-0.2, -0.15) is 0 Å². The number of aromatic nitrogens is 3. The predicted molar refractivity (Wildman–Crippen MR) is 263 cm³/mol. The van der Waals surface area contributed by atoms with Crippen LogP contribution in [0.15, 0.2) is 212 Å². The number of nitrogens with zero attached hydrogens (tertiary/aromatic N) is 3. The molecule has 3 nitrogen and oxygen atoms in total. The van der Waals surface area contributed by atoms with Crippen molar-refractivity contribution in [2.75, 3.05) is 0 Å². The molecule has 0 atom stereocenters. The Kier molecular flexibility index (Phi) is 8.95. The van der Waals surface area contributed by atoms with E-state index < -0.39 is 5.41 Å². The summed E-state index contributed by atoms with van der Waals surface area (Å²) in [7, 11) is 0. The van der Waals surface area contributed by atoms with Crippen LogP contribution in [0.2, 0.25) is 0 Å². The number of hydrogen-bond acceptors (Lipinski definition) is 3. The van der Waals surface area contributed by atoms with E-state index in [1.54, 1.807) is 0 Å². The number of rotatable bonds is 7. The van der Waals surface area contributed by atoms with Gasteiger partial charge in [-0.25, -0.2) is 15.0 Å². The molecule has 14 rings (SSSR count). The maximum absolute atomic E-state index is 5.42. The van der Waals surface area contributed by atoms with E-state index in [-0.39, 0.29) is 5.41 Å². The summed E-state index contributed by atoms with van der Waals surface area (Å²) in [5, 5.41) is 0. The van der Waals surface area contributed by atoms with Crippen molar-refractivity contribution in [3.05, 3.63) is 246 Å². The molecule has 4 bridgehead atoms. The summed E-state index contributed by atoms with van der Waals surface area (Å²) in [6, 6.07) is 78.0. The highest BCUT2D eigenvalue weighted by atomic mass is 15.0. The van der Waals surface area contributed by atoms with Crippen molar-refractivity contribution in [3.63, 3.8) is 0 Å². The summed E-state index contributed by atoms with van der Waals surface area (Å²) in [4.78, 5) is 16.1. The molecule has 8 aromatic carbocycles. The first-order chi connectivity index (χ1) is 32.2. The summed E-state index contributed by atoms with van der Waals surface area (Å²) >= 11 is 0. The van der Waals surface area contributed by atoms with Crippen LogP contribution in [0.1, 0.15) is 65.5 Å². The fourth-order valence-corrected chi connectivity index (χ4v) is 13.4. The van der Waals surface area contributed by atoms with Crippen molar-refractivity contribution in [1.82, 2.24) is 15.0 Å². The molecular formula is C62H49N3. The van der Waals surface area contributed by atoms with Crippen LogP contribution in [-0.2, 0) is 10.8 Å². The third-order valence-electron chi connectivity index (χ3n) is 15.9. The van der Waals surface area contributed by atoms with Gasteiger partial charge in [0.15, 0.2) is 17.5 Å². The SMILES string of the molecule is c1ccc(-c2ccc(-c3nc(-c4ccc(-c5ccccc5)cc4)nc(-c4ccc5c(c4)C4(c6ccccc6C5(c5ccccc5)c5ccccc5)C5CC6CC(C5)CC4C6)n3)cc2)cc1. The number of hydrogen-bond donors (Lipinski definition) is 0. The highest BCUT2D eigenvalue weighted by Crippen LogP contribution is 2.70. The van der Waals surface area contributed by atoms with Crippen molar-refractivity contribution in [2.45, 2.75) is 42.9 Å². The summed E-state index contributed by atoms with van der Waals surface area (Å²) in [5.41, 5.74) is 15.5. The summed E-state index contributed by atoms with van der Waals surface area (Å²) in [5.74, 6) is 4.86. The lowest BCUT2D eigenvalue weighted by atomic mass is 9.38. The molecule has 5 aliphatic carbocycles. The topological polar surface area (TPSA) is 38.7 Å². The van der Waals surface area contributed by atoms with E-state index in [2.05, 4.69) is 212 Å². The van der Waals surface area contributed by atoms with Gasteiger partial charge >= 0.3 is 0 Å². The van der Waals surface area contributed by atoms with Crippen LogP contribution in [0.25, 0.3) is 56.4 Å². The molecule has 0 radical (unpaired) electrons. The molecule has 65 heavy (non-hydrogen) atoms. The molecule has 0 unspecified atom stereocenters. The molecule has 312 valence electrons. The molecule has 5 aliphatic rings. The van der Waals surface area contributed by atoms with E-state index in [1.165, 1.54) is 76.6 Å². The van der Waals surface area contributed by atoms with E-state index in [9.17, 15) is 0 Å². The fourth-order valence-electron chi connectivity index (χ4n) is 13.4. The van der Waals surface area contributed by atoms with E-state index in [0.29, 0.717) is 29.3 Å². The molecule has 4 saturated carbocycles. The molecule has 1 heterocycles. The van der Waals surface area contributed by atoms with Crippen molar-refractivity contribution in [3.8, 4) is 56.4 Å². The Morgan fingerprint density at radius 2 is 0.646 bits per heavy atom. The first-order valence-electron chi connectivity index (χ1n) is 23.6. The lowest BCUT2D eigenvalue weighted by molar-refractivity contribution is -0.0440. The molecular weight excluding hydrogens is 787 g/mol. The standard InChI is InChI=1S/C62H49N3/c1-5-15-43(16-6-1)45-25-29-47(30-26-45)58-63-59(48-31-27-46(28-32-48)44-17-7-2-8-18-44)65-60(64-58)49-33-34-56-57(40-49)62(52-36-41-35-42(38-52)39-53(62)37-41)55-24-14-13-23-54(55)61(56,50-19-9-3-10-20-50)51-21-11-4-12-22-51/h1-34,40-42,52-53H,35-39H2. The monoisotopic (exact) mass is 835 g/mol. The molecule has 0 N–H and O–H groups in total. The van der Waals surface area contributed by atoms with Gasteiger partial charge in [0.05, 0.1) is 5.41 Å². The average molecular weight is 836 g/mol. The van der Waals surface area contributed by atoms with Crippen molar-refractivity contribution < 1.29 is 0 Å². The van der Waals surface area contributed by atoms with Crippen LogP contribution < -0.4 is 0 Å². The zero-order valence-electron chi connectivity index (χ0n) is 36.4. The van der Waals surface area contributed by atoms with Gasteiger partial charge in [0.2, 0.25) is 0 Å². The van der Waals surface area contributed by atoms with E-state index in [0.717, 1.165) is 39.7 Å². The highest BCUT2D eigenvalue weighted by molar-refractivity contribution is 5.76. The second-order valence-corrected chi connectivity index (χ2v) is 19.2. The predicted octanol–water partition coefficient (Wildman–Crippen LogP) is 14.6. The lowest BCUT2D eigenvalue weighted by Gasteiger charge is -2.65. The van der Waals surface area contributed by atoms with Gasteiger partial charge < -0.3 is 0 Å². The molecule has 1 aromatic heterocycles. The largest absolute Gasteiger partial charge is 0.208 e. The van der Waals surface area contributed by atoms with Gasteiger partial charge in [0.25, 0.3) is 0 Å². The van der Waals surface area contributed by atoms with Gasteiger partial charge in [0, 0.05) is 22.1 Å². The molecule has 0 saturated heterocycles. The Morgan fingerprint density at radius 3 is 1.12 bits per heavy atom. The molecule has 4 fully saturated rings. The van der Waals surface area contributed by atoms with Crippen LogP contribution in [-0.4, -0.2) is 15.0 Å². The molecule has 9 aromatic rings. The molecule has 3 heteroatoms. The Balaban J connectivity index is 1.04. The Labute approximate surface area is 382 Å². The third-order valence-corrected chi connectivity index (χ3v) is 15.9. The summed E-state index contributed by atoms with van der Waals surface area (Å²) in [6.45, 7) is 0. The zero-order valence-corrected chi connectivity index (χ0v) is 36.4. The minimum atomic E-state index is -0.511. The van der Waals surface area contributed by atoms with Gasteiger partial charge in [-0.05, 0) is 117 Å². The normalized spacial score (nSPS) is 22.0. The van der Waals surface area contributed by atoms with E-state index in [1.807, 2.05) is 0 Å². The van der Waals surface area contributed by atoms with Crippen molar-refractivity contribution in [2.24, 2.45) is 23.7 Å². The van der Waals surface area contributed by atoms with Gasteiger partial charge in [0.1, 0.15) is 0 Å². The minimum absolute atomic E-state index is 0.109. The van der Waals surface area contributed by atoms with Gasteiger partial charge in [-0.1, -0.05) is 206 Å². The van der Waals surface area contributed by atoms with Crippen molar-refractivity contribution in [1.29, 1.82) is 0 Å². The van der Waals surface area contributed by atoms with E-state index >= 15 is 0 Å². The van der Waals surface area contributed by atoms with E-state index in [4.69, 9.17) is 15.0 Å². The second kappa shape index (κ2) is 15.2. The molecule has 1 spiro atoms. The zero-order chi connectivity index (χ0) is 43.0. The quantitative estimate of drug-likeness (QED) is 0.161. The number of fused-ring (bicyclic) bond motifs is 2. The summed E-state index contributed by atoms with van der Waals surface area (Å²) in [6.07, 6.45) is 6.60. The molecule has 0 aliphatic heterocycles. The maximum atomic E-state index is 5.42. The first-order valence-corrected chi connectivity index (χ1v) is 23.6. The second-order valence-electron chi connectivity index (χ2n) is 19.2. The van der Waals surface area contributed by atoms with Crippen LogP contribution in [0.4, 0.5) is 0 Å². The fraction of sp³-hybridized carbons (Fsp3) is 0.177. The maximum Gasteiger partial charge on any atom is 0.164 e. The Bertz CT molecular complexity index is 3010. The number of benzene rings is 8. The Hall–Kier alpha value is -7.23.